The summed E-state index contributed by atoms with van der Waals surface area (Å²) in [4.78, 5) is 2.06. The van der Waals surface area contributed by atoms with E-state index < -0.39 is 5.60 Å². The SMILES string of the molecule is CCC(O)(c1cccc(O)c1)C(C)CN(C)C. The number of phenols is 1. The molecule has 0 saturated heterocycles. The molecule has 2 unspecified atom stereocenters. The zero-order valence-electron chi connectivity index (χ0n) is 11.1. The van der Waals surface area contributed by atoms with Gasteiger partial charge in [0.15, 0.2) is 0 Å². The summed E-state index contributed by atoms with van der Waals surface area (Å²) in [5, 5.41) is 20.3. The summed E-state index contributed by atoms with van der Waals surface area (Å²) in [5.74, 6) is 0.302. The summed E-state index contributed by atoms with van der Waals surface area (Å²) >= 11 is 0. The molecule has 0 aliphatic carbocycles. The normalized spacial score (nSPS) is 16.8. The van der Waals surface area contributed by atoms with Crippen LogP contribution < -0.4 is 0 Å². The molecule has 1 aromatic rings. The molecule has 3 heteroatoms. The van der Waals surface area contributed by atoms with Crippen LogP contribution in [0.3, 0.4) is 0 Å². The summed E-state index contributed by atoms with van der Waals surface area (Å²) in [6.07, 6.45) is 0.630. The van der Waals surface area contributed by atoms with E-state index in [-0.39, 0.29) is 11.7 Å². The van der Waals surface area contributed by atoms with Crippen LogP contribution in [0.25, 0.3) is 0 Å². The van der Waals surface area contributed by atoms with Crippen molar-refractivity contribution in [2.24, 2.45) is 5.92 Å². The molecule has 1 aromatic carbocycles. The monoisotopic (exact) mass is 237 g/mol. The molecule has 0 spiro atoms. The van der Waals surface area contributed by atoms with Gasteiger partial charge in [-0.3, -0.25) is 0 Å². The van der Waals surface area contributed by atoms with Crippen molar-refractivity contribution >= 4 is 0 Å². The standard InChI is InChI=1S/C14H23NO2/c1-5-14(17,11(2)10-15(3)4)12-7-6-8-13(16)9-12/h6-9,11,16-17H,5,10H2,1-4H3. The summed E-state index contributed by atoms with van der Waals surface area (Å²) < 4.78 is 0. The average Bonchev–Trinajstić information content (AvgIpc) is 2.27. The molecule has 0 amide bonds. The highest BCUT2D eigenvalue weighted by atomic mass is 16.3. The van der Waals surface area contributed by atoms with E-state index in [0.717, 1.165) is 12.1 Å². The maximum Gasteiger partial charge on any atom is 0.115 e. The molecule has 0 fully saturated rings. The fourth-order valence-electron chi connectivity index (χ4n) is 2.31. The highest BCUT2D eigenvalue weighted by Gasteiger charge is 2.34. The number of benzene rings is 1. The van der Waals surface area contributed by atoms with Crippen LogP contribution in [0.15, 0.2) is 24.3 Å². The van der Waals surface area contributed by atoms with Crippen LogP contribution in [0.2, 0.25) is 0 Å². The molecule has 96 valence electrons. The second kappa shape index (κ2) is 5.52. The first kappa shape index (κ1) is 14.0. The Labute approximate surface area is 104 Å². The molecule has 0 saturated carbocycles. The van der Waals surface area contributed by atoms with Crippen LogP contribution in [0, 0.1) is 5.92 Å². The summed E-state index contributed by atoms with van der Waals surface area (Å²) in [5.41, 5.74) is -0.0995. The number of phenolic OH excluding ortho intramolecular Hbond substituents is 1. The van der Waals surface area contributed by atoms with E-state index in [1.54, 1.807) is 18.2 Å². The Bertz CT molecular complexity index is 365. The van der Waals surface area contributed by atoms with Gasteiger partial charge < -0.3 is 15.1 Å². The van der Waals surface area contributed by atoms with E-state index in [2.05, 4.69) is 4.90 Å². The van der Waals surface area contributed by atoms with Crippen molar-refractivity contribution < 1.29 is 10.2 Å². The van der Waals surface area contributed by atoms with Gasteiger partial charge in [-0.1, -0.05) is 26.0 Å². The van der Waals surface area contributed by atoms with E-state index in [4.69, 9.17) is 0 Å². The van der Waals surface area contributed by atoms with Gasteiger partial charge >= 0.3 is 0 Å². The van der Waals surface area contributed by atoms with Gasteiger partial charge in [0.2, 0.25) is 0 Å². The quantitative estimate of drug-likeness (QED) is 0.825. The van der Waals surface area contributed by atoms with E-state index in [0.29, 0.717) is 6.42 Å². The van der Waals surface area contributed by atoms with Gasteiger partial charge in [-0.15, -0.1) is 0 Å². The Balaban J connectivity index is 3.02. The van der Waals surface area contributed by atoms with E-state index in [1.807, 2.05) is 34.0 Å². The van der Waals surface area contributed by atoms with Crippen LogP contribution in [0.4, 0.5) is 0 Å². The molecule has 0 radical (unpaired) electrons. The predicted octanol–water partition coefficient (Wildman–Crippen LogP) is 2.19. The molecule has 1 rings (SSSR count). The molecular formula is C14H23NO2. The molecule has 0 aliphatic heterocycles. The molecule has 0 aliphatic rings. The Morgan fingerprint density at radius 3 is 2.47 bits per heavy atom. The summed E-state index contributed by atoms with van der Waals surface area (Å²) in [6.45, 7) is 4.81. The Morgan fingerprint density at radius 1 is 1.35 bits per heavy atom. The van der Waals surface area contributed by atoms with Gasteiger partial charge in [0, 0.05) is 12.5 Å². The third-order valence-electron chi connectivity index (χ3n) is 3.34. The molecule has 0 aromatic heterocycles. The third kappa shape index (κ3) is 3.20. The van der Waals surface area contributed by atoms with Gasteiger partial charge in [0.25, 0.3) is 0 Å². The van der Waals surface area contributed by atoms with Gasteiger partial charge in [-0.05, 0) is 38.2 Å². The number of hydrogen-bond acceptors (Lipinski definition) is 3. The number of hydrogen-bond donors (Lipinski definition) is 2. The number of aliphatic hydroxyl groups is 1. The van der Waals surface area contributed by atoms with Crippen molar-refractivity contribution in [2.75, 3.05) is 20.6 Å². The van der Waals surface area contributed by atoms with E-state index in [1.165, 1.54) is 0 Å². The topological polar surface area (TPSA) is 43.7 Å². The minimum atomic E-state index is -0.886. The van der Waals surface area contributed by atoms with Gasteiger partial charge in [0.1, 0.15) is 5.75 Å². The maximum absolute atomic E-state index is 10.8. The lowest BCUT2D eigenvalue weighted by atomic mass is 9.80. The molecule has 0 bridgehead atoms. The second-order valence-electron chi connectivity index (χ2n) is 4.99. The van der Waals surface area contributed by atoms with Crippen molar-refractivity contribution in [3.63, 3.8) is 0 Å². The maximum atomic E-state index is 10.8. The minimum Gasteiger partial charge on any atom is -0.508 e. The number of rotatable bonds is 5. The largest absolute Gasteiger partial charge is 0.508 e. The Hall–Kier alpha value is -1.06. The number of nitrogens with zero attached hydrogens (tertiary/aromatic N) is 1. The zero-order valence-corrected chi connectivity index (χ0v) is 11.1. The second-order valence-corrected chi connectivity index (χ2v) is 4.99. The van der Waals surface area contributed by atoms with Crippen molar-refractivity contribution in [2.45, 2.75) is 25.9 Å². The van der Waals surface area contributed by atoms with Gasteiger partial charge in [0.05, 0.1) is 5.60 Å². The molecule has 2 atom stereocenters. The summed E-state index contributed by atoms with van der Waals surface area (Å²) in [7, 11) is 3.99. The molecule has 0 heterocycles. The van der Waals surface area contributed by atoms with Crippen LogP contribution in [0.1, 0.15) is 25.8 Å². The molecule has 3 nitrogen and oxygen atoms in total. The Morgan fingerprint density at radius 2 is 2.00 bits per heavy atom. The van der Waals surface area contributed by atoms with Crippen molar-refractivity contribution in [3.05, 3.63) is 29.8 Å². The van der Waals surface area contributed by atoms with Crippen LogP contribution in [-0.4, -0.2) is 35.8 Å². The smallest absolute Gasteiger partial charge is 0.115 e. The number of aromatic hydroxyl groups is 1. The minimum absolute atomic E-state index is 0.101. The molecular weight excluding hydrogens is 214 g/mol. The van der Waals surface area contributed by atoms with Gasteiger partial charge in [-0.25, -0.2) is 0 Å². The summed E-state index contributed by atoms with van der Waals surface area (Å²) in [6, 6.07) is 6.91. The zero-order chi connectivity index (χ0) is 13.1. The van der Waals surface area contributed by atoms with Crippen LogP contribution >= 0.6 is 0 Å². The molecule has 17 heavy (non-hydrogen) atoms. The lowest BCUT2D eigenvalue weighted by molar-refractivity contribution is -0.0293. The van der Waals surface area contributed by atoms with Crippen LogP contribution in [-0.2, 0) is 5.60 Å². The van der Waals surface area contributed by atoms with Gasteiger partial charge in [-0.2, -0.15) is 0 Å². The third-order valence-corrected chi connectivity index (χ3v) is 3.34. The molecule has 2 N–H and O–H groups in total. The van der Waals surface area contributed by atoms with Crippen molar-refractivity contribution in [3.8, 4) is 5.75 Å². The van der Waals surface area contributed by atoms with E-state index in [9.17, 15) is 10.2 Å². The first-order valence-electron chi connectivity index (χ1n) is 6.06. The van der Waals surface area contributed by atoms with Crippen LogP contribution in [0.5, 0.6) is 5.75 Å². The van der Waals surface area contributed by atoms with Crippen molar-refractivity contribution in [1.29, 1.82) is 0 Å². The lowest BCUT2D eigenvalue weighted by Gasteiger charge is -2.35. The fourth-order valence-corrected chi connectivity index (χ4v) is 2.31. The Kier molecular flexibility index (Phi) is 4.54. The highest BCUT2D eigenvalue weighted by Crippen LogP contribution is 2.34. The predicted molar refractivity (Wildman–Crippen MR) is 70.0 cm³/mol. The first-order valence-corrected chi connectivity index (χ1v) is 6.06. The van der Waals surface area contributed by atoms with Crippen molar-refractivity contribution in [1.82, 2.24) is 4.90 Å². The first-order chi connectivity index (χ1) is 7.90. The highest BCUT2D eigenvalue weighted by molar-refractivity contribution is 5.31. The fraction of sp³-hybridized carbons (Fsp3) is 0.571. The average molecular weight is 237 g/mol. The van der Waals surface area contributed by atoms with E-state index >= 15 is 0 Å². The lowest BCUT2D eigenvalue weighted by Crippen LogP contribution is -2.38.